The number of aromatic nitrogens is 2. The molecule has 0 aliphatic heterocycles. The zero-order valence-corrected chi connectivity index (χ0v) is 5.66. The molecular formula is C7H6FN3. The Labute approximate surface area is 62.2 Å². The maximum Gasteiger partial charge on any atom is 0.127 e. The quantitative estimate of drug-likeness (QED) is 0.577. The first kappa shape index (κ1) is 6.15. The number of benzene rings is 1. The van der Waals surface area contributed by atoms with Crippen LogP contribution in [0.15, 0.2) is 24.5 Å². The average Bonchev–Trinajstić information content (AvgIpc) is 2.32. The number of nitrogens with two attached hydrogens (primary N) is 1. The molecule has 1 aromatic heterocycles. The normalized spacial score (nSPS) is 10.6. The van der Waals surface area contributed by atoms with Gasteiger partial charge in [0.05, 0.1) is 5.52 Å². The molecule has 2 aromatic rings. The number of rotatable bonds is 0. The predicted molar refractivity (Wildman–Crippen MR) is 40.7 cm³/mol. The average molecular weight is 151 g/mol. The Morgan fingerprint density at radius 3 is 3.09 bits per heavy atom. The van der Waals surface area contributed by atoms with E-state index >= 15 is 0 Å². The third-order valence-corrected chi connectivity index (χ3v) is 1.53. The van der Waals surface area contributed by atoms with Crippen LogP contribution in [0.4, 0.5) is 10.2 Å². The summed E-state index contributed by atoms with van der Waals surface area (Å²) >= 11 is 0. The summed E-state index contributed by atoms with van der Waals surface area (Å²) in [6.07, 6.45) is 1.12. The van der Waals surface area contributed by atoms with Gasteiger partial charge in [-0.1, -0.05) is 4.48 Å². The minimum Gasteiger partial charge on any atom is -0.399 e. The summed E-state index contributed by atoms with van der Waals surface area (Å²) < 4.78 is 12.7. The highest BCUT2D eigenvalue weighted by Gasteiger charge is 1.99. The lowest BCUT2D eigenvalue weighted by Crippen LogP contribution is -1.83. The SMILES string of the molecule is Nc1ccc2c(c1)ncn2F. The van der Waals surface area contributed by atoms with Crippen molar-refractivity contribution >= 4 is 16.7 Å². The molecule has 56 valence electrons. The van der Waals surface area contributed by atoms with Gasteiger partial charge in [-0.2, -0.15) is 4.79 Å². The summed E-state index contributed by atoms with van der Waals surface area (Å²) in [7, 11) is 0. The molecule has 4 heteroatoms. The van der Waals surface area contributed by atoms with E-state index in [1.807, 2.05) is 0 Å². The first-order chi connectivity index (χ1) is 5.27. The second-order valence-electron chi connectivity index (χ2n) is 2.30. The monoisotopic (exact) mass is 151 g/mol. The molecule has 0 saturated heterocycles. The van der Waals surface area contributed by atoms with Gasteiger partial charge < -0.3 is 5.73 Å². The zero-order valence-electron chi connectivity index (χ0n) is 5.66. The van der Waals surface area contributed by atoms with Gasteiger partial charge in [-0.3, -0.25) is 0 Å². The van der Waals surface area contributed by atoms with E-state index in [2.05, 4.69) is 4.98 Å². The van der Waals surface area contributed by atoms with E-state index in [1.165, 1.54) is 0 Å². The third kappa shape index (κ3) is 0.832. The number of hydrogen-bond donors (Lipinski definition) is 1. The van der Waals surface area contributed by atoms with E-state index in [-0.39, 0.29) is 0 Å². The molecule has 0 unspecified atom stereocenters. The summed E-state index contributed by atoms with van der Waals surface area (Å²) in [6, 6.07) is 4.86. The smallest absolute Gasteiger partial charge is 0.127 e. The van der Waals surface area contributed by atoms with Crippen molar-refractivity contribution in [1.29, 1.82) is 0 Å². The number of imidazole rings is 1. The molecule has 0 radical (unpaired) electrons. The Bertz CT molecular complexity index is 393. The highest BCUT2D eigenvalue weighted by molar-refractivity contribution is 5.78. The van der Waals surface area contributed by atoms with Crippen LogP contribution in [0.2, 0.25) is 0 Å². The molecule has 0 amide bonds. The molecular weight excluding hydrogens is 145 g/mol. The Balaban J connectivity index is 2.86. The van der Waals surface area contributed by atoms with Gasteiger partial charge in [0.15, 0.2) is 0 Å². The second-order valence-corrected chi connectivity index (χ2v) is 2.30. The molecule has 0 saturated carbocycles. The molecule has 11 heavy (non-hydrogen) atoms. The van der Waals surface area contributed by atoms with Gasteiger partial charge in [-0.05, 0) is 18.2 Å². The molecule has 0 aliphatic carbocycles. The van der Waals surface area contributed by atoms with Crippen LogP contribution in [-0.2, 0) is 0 Å². The van der Waals surface area contributed by atoms with Crippen LogP contribution in [0.5, 0.6) is 0 Å². The fourth-order valence-electron chi connectivity index (χ4n) is 1.000. The highest BCUT2D eigenvalue weighted by Crippen LogP contribution is 2.15. The lowest BCUT2D eigenvalue weighted by atomic mass is 10.3. The maximum absolute atomic E-state index is 12.7. The van der Waals surface area contributed by atoms with Gasteiger partial charge in [0, 0.05) is 5.69 Å². The van der Waals surface area contributed by atoms with Crippen molar-refractivity contribution in [3.8, 4) is 0 Å². The van der Waals surface area contributed by atoms with Crippen molar-refractivity contribution in [1.82, 2.24) is 9.77 Å². The number of hydrogen-bond acceptors (Lipinski definition) is 2. The van der Waals surface area contributed by atoms with Gasteiger partial charge in [-0.15, -0.1) is 0 Å². The van der Waals surface area contributed by atoms with E-state index in [0.717, 1.165) is 6.33 Å². The van der Waals surface area contributed by atoms with Crippen molar-refractivity contribution in [3.05, 3.63) is 24.5 Å². The minimum atomic E-state index is 0.444. The van der Waals surface area contributed by atoms with Crippen LogP contribution in [0.3, 0.4) is 0 Å². The zero-order chi connectivity index (χ0) is 7.84. The molecule has 0 fully saturated rings. The van der Waals surface area contributed by atoms with Crippen LogP contribution in [0, 0.1) is 0 Å². The van der Waals surface area contributed by atoms with Crippen molar-refractivity contribution in [2.45, 2.75) is 0 Å². The van der Waals surface area contributed by atoms with E-state index in [4.69, 9.17) is 5.73 Å². The molecule has 1 heterocycles. The highest BCUT2D eigenvalue weighted by atomic mass is 19.2. The predicted octanol–water partition coefficient (Wildman–Crippen LogP) is 1.35. The summed E-state index contributed by atoms with van der Waals surface area (Å²) in [5.41, 5.74) is 7.08. The van der Waals surface area contributed by atoms with Gasteiger partial charge >= 0.3 is 0 Å². The molecule has 2 N–H and O–H groups in total. The number of fused-ring (bicyclic) bond motifs is 1. The van der Waals surface area contributed by atoms with E-state index in [9.17, 15) is 4.48 Å². The Kier molecular flexibility index (Phi) is 1.09. The van der Waals surface area contributed by atoms with Crippen LogP contribution in [0.1, 0.15) is 0 Å². The maximum atomic E-state index is 12.7. The number of nitrogens with zero attached hydrogens (tertiary/aromatic N) is 2. The molecule has 0 bridgehead atoms. The molecule has 0 aliphatic rings. The van der Waals surface area contributed by atoms with Crippen LogP contribution >= 0.6 is 0 Å². The first-order valence-electron chi connectivity index (χ1n) is 3.16. The van der Waals surface area contributed by atoms with E-state index in [0.29, 0.717) is 21.5 Å². The lowest BCUT2D eigenvalue weighted by Gasteiger charge is -1.91. The summed E-state index contributed by atoms with van der Waals surface area (Å²) in [5, 5.41) is 0. The molecule has 3 nitrogen and oxygen atoms in total. The fraction of sp³-hybridized carbons (Fsp3) is 0. The lowest BCUT2D eigenvalue weighted by molar-refractivity contribution is 0.384. The van der Waals surface area contributed by atoms with Crippen LogP contribution in [-0.4, -0.2) is 9.77 Å². The van der Waals surface area contributed by atoms with Gasteiger partial charge in [0.2, 0.25) is 0 Å². The number of nitrogen functional groups attached to an aromatic ring is 1. The Morgan fingerprint density at radius 1 is 1.45 bits per heavy atom. The van der Waals surface area contributed by atoms with Gasteiger partial charge in [0.25, 0.3) is 0 Å². The first-order valence-corrected chi connectivity index (χ1v) is 3.16. The summed E-state index contributed by atoms with van der Waals surface area (Å²) in [5.74, 6) is 0. The number of halogens is 1. The second kappa shape index (κ2) is 1.95. The topological polar surface area (TPSA) is 43.8 Å². The molecule has 0 spiro atoms. The molecule has 1 aromatic carbocycles. The fourth-order valence-corrected chi connectivity index (χ4v) is 1.000. The summed E-state index contributed by atoms with van der Waals surface area (Å²) in [4.78, 5) is 4.25. The van der Waals surface area contributed by atoms with E-state index in [1.54, 1.807) is 18.2 Å². The molecule has 0 atom stereocenters. The van der Waals surface area contributed by atoms with Crippen LogP contribution < -0.4 is 5.73 Å². The van der Waals surface area contributed by atoms with Crippen molar-refractivity contribution in [3.63, 3.8) is 0 Å². The van der Waals surface area contributed by atoms with Crippen molar-refractivity contribution in [2.24, 2.45) is 0 Å². The Hall–Kier alpha value is -1.58. The standard InChI is InChI=1S/C7H6FN3/c8-11-4-10-6-3-5(9)1-2-7(6)11/h1-4H,9H2. The summed E-state index contributed by atoms with van der Waals surface area (Å²) in [6.45, 7) is 0. The molecule has 2 rings (SSSR count). The van der Waals surface area contributed by atoms with E-state index < -0.39 is 0 Å². The van der Waals surface area contributed by atoms with Crippen molar-refractivity contribution in [2.75, 3.05) is 5.73 Å². The third-order valence-electron chi connectivity index (χ3n) is 1.53. The largest absolute Gasteiger partial charge is 0.399 e. The van der Waals surface area contributed by atoms with Gasteiger partial charge in [-0.25, -0.2) is 4.98 Å². The van der Waals surface area contributed by atoms with Gasteiger partial charge in [0.1, 0.15) is 11.8 Å². The minimum absolute atomic E-state index is 0.444. The van der Waals surface area contributed by atoms with Crippen LogP contribution in [0.25, 0.3) is 11.0 Å². The van der Waals surface area contributed by atoms with Crippen molar-refractivity contribution < 1.29 is 4.48 Å². The Morgan fingerprint density at radius 2 is 2.27 bits per heavy atom. The number of anilines is 1.